The van der Waals surface area contributed by atoms with Crippen molar-refractivity contribution in [3.8, 4) is 17.0 Å². The Morgan fingerprint density at radius 3 is 2.87 bits per heavy atom. The number of amides is 1. The Kier molecular flexibility index (Phi) is 4.38. The predicted octanol–water partition coefficient (Wildman–Crippen LogP) is 3.28. The molecule has 0 aliphatic rings. The Morgan fingerprint density at radius 1 is 1.26 bits per heavy atom. The molecule has 0 fully saturated rings. The number of methoxy groups -OCH3 is 1. The van der Waals surface area contributed by atoms with E-state index < -0.39 is 0 Å². The van der Waals surface area contributed by atoms with Crippen molar-refractivity contribution in [3.63, 3.8) is 0 Å². The summed E-state index contributed by atoms with van der Waals surface area (Å²) < 4.78 is 10.2. The minimum Gasteiger partial charge on any atom is -0.497 e. The lowest BCUT2D eigenvalue weighted by Gasteiger charge is -2.07. The van der Waals surface area contributed by atoms with Crippen LogP contribution in [-0.4, -0.2) is 18.0 Å². The standard InChI is InChI=1S/C18H16N2O3/c1-22-16-4-2-3-14(9-16)18(21)20-11-13-5-6-17(19-10-13)15-7-8-23-12-15/h2-10,12H,11H2,1H3,(H,20,21). The lowest BCUT2D eigenvalue weighted by Crippen LogP contribution is -2.22. The summed E-state index contributed by atoms with van der Waals surface area (Å²) in [5.41, 5.74) is 3.25. The molecule has 3 rings (SSSR count). The van der Waals surface area contributed by atoms with Gasteiger partial charge in [0.2, 0.25) is 0 Å². The van der Waals surface area contributed by atoms with E-state index in [1.54, 1.807) is 50.1 Å². The maximum Gasteiger partial charge on any atom is 0.251 e. The van der Waals surface area contributed by atoms with Crippen LogP contribution in [0.15, 0.2) is 65.6 Å². The third kappa shape index (κ3) is 3.58. The third-order valence-corrected chi connectivity index (χ3v) is 3.43. The highest BCUT2D eigenvalue weighted by Crippen LogP contribution is 2.17. The SMILES string of the molecule is COc1cccc(C(=O)NCc2ccc(-c3ccoc3)nc2)c1. The van der Waals surface area contributed by atoms with Gasteiger partial charge in [0.05, 0.1) is 25.3 Å². The molecule has 116 valence electrons. The molecule has 0 aliphatic carbocycles. The van der Waals surface area contributed by atoms with Gasteiger partial charge in [-0.1, -0.05) is 12.1 Å². The monoisotopic (exact) mass is 308 g/mol. The van der Waals surface area contributed by atoms with Gasteiger partial charge < -0.3 is 14.5 Å². The molecule has 1 amide bonds. The second-order valence-electron chi connectivity index (χ2n) is 4.98. The van der Waals surface area contributed by atoms with Crippen molar-refractivity contribution in [2.24, 2.45) is 0 Å². The van der Waals surface area contributed by atoms with Crippen LogP contribution in [0.25, 0.3) is 11.3 Å². The number of rotatable bonds is 5. The third-order valence-electron chi connectivity index (χ3n) is 3.43. The zero-order valence-corrected chi connectivity index (χ0v) is 12.7. The molecule has 1 N–H and O–H groups in total. The van der Waals surface area contributed by atoms with E-state index in [1.807, 2.05) is 18.2 Å². The first-order chi connectivity index (χ1) is 11.3. The molecule has 1 aromatic carbocycles. The quantitative estimate of drug-likeness (QED) is 0.785. The van der Waals surface area contributed by atoms with Gasteiger partial charge in [-0.05, 0) is 35.9 Å². The van der Waals surface area contributed by atoms with Gasteiger partial charge in [0.15, 0.2) is 0 Å². The van der Waals surface area contributed by atoms with Crippen molar-refractivity contribution in [2.75, 3.05) is 7.11 Å². The van der Waals surface area contributed by atoms with Crippen molar-refractivity contribution < 1.29 is 13.9 Å². The van der Waals surface area contributed by atoms with Crippen LogP contribution in [-0.2, 0) is 6.54 Å². The Hall–Kier alpha value is -3.08. The van der Waals surface area contributed by atoms with Gasteiger partial charge in [-0.3, -0.25) is 9.78 Å². The largest absolute Gasteiger partial charge is 0.497 e. The summed E-state index contributed by atoms with van der Waals surface area (Å²) in [6.45, 7) is 0.411. The van der Waals surface area contributed by atoms with Crippen LogP contribution >= 0.6 is 0 Å². The van der Waals surface area contributed by atoms with Gasteiger partial charge in [-0.15, -0.1) is 0 Å². The Labute approximate surface area is 133 Å². The predicted molar refractivity (Wildman–Crippen MR) is 86.1 cm³/mol. The second kappa shape index (κ2) is 6.79. The first-order valence-electron chi connectivity index (χ1n) is 7.16. The molecular weight excluding hydrogens is 292 g/mol. The minimum atomic E-state index is -0.150. The summed E-state index contributed by atoms with van der Waals surface area (Å²) in [5, 5.41) is 2.87. The zero-order chi connectivity index (χ0) is 16.1. The van der Waals surface area contributed by atoms with E-state index >= 15 is 0 Å². The molecule has 3 aromatic rings. The molecule has 0 atom stereocenters. The summed E-state index contributed by atoms with van der Waals surface area (Å²) in [5.74, 6) is 0.506. The average molecular weight is 308 g/mol. The highest BCUT2D eigenvalue weighted by Gasteiger charge is 2.07. The van der Waals surface area contributed by atoms with Crippen LogP contribution in [0.3, 0.4) is 0 Å². The molecule has 0 saturated carbocycles. The molecule has 0 aliphatic heterocycles. The van der Waals surface area contributed by atoms with Crippen LogP contribution < -0.4 is 10.1 Å². The molecule has 2 aromatic heterocycles. The summed E-state index contributed by atoms with van der Waals surface area (Å²) in [6, 6.07) is 12.7. The van der Waals surface area contributed by atoms with Gasteiger partial charge in [0, 0.05) is 23.9 Å². The molecule has 5 heteroatoms. The minimum absolute atomic E-state index is 0.150. The maximum atomic E-state index is 12.1. The first kappa shape index (κ1) is 14.8. The van der Waals surface area contributed by atoms with Crippen LogP contribution in [0, 0.1) is 0 Å². The number of nitrogens with zero attached hydrogens (tertiary/aromatic N) is 1. The van der Waals surface area contributed by atoms with Gasteiger partial charge in [-0.2, -0.15) is 0 Å². The van der Waals surface area contributed by atoms with Crippen molar-refractivity contribution in [1.82, 2.24) is 10.3 Å². The van der Waals surface area contributed by atoms with Gasteiger partial charge in [-0.25, -0.2) is 0 Å². The number of benzene rings is 1. The molecule has 0 saturated heterocycles. The van der Waals surface area contributed by atoms with E-state index in [9.17, 15) is 4.79 Å². The number of nitrogens with one attached hydrogen (secondary N) is 1. The van der Waals surface area contributed by atoms with E-state index in [1.165, 1.54) is 0 Å². The summed E-state index contributed by atoms with van der Waals surface area (Å²) >= 11 is 0. The summed E-state index contributed by atoms with van der Waals surface area (Å²) in [7, 11) is 1.57. The molecule has 0 spiro atoms. The zero-order valence-electron chi connectivity index (χ0n) is 12.7. The van der Waals surface area contributed by atoms with Crippen molar-refractivity contribution in [1.29, 1.82) is 0 Å². The number of ether oxygens (including phenoxy) is 1. The first-order valence-corrected chi connectivity index (χ1v) is 7.16. The van der Waals surface area contributed by atoms with Crippen LogP contribution in [0.4, 0.5) is 0 Å². The number of hydrogen-bond donors (Lipinski definition) is 1. The summed E-state index contributed by atoms with van der Waals surface area (Å²) in [6.07, 6.45) is 5.00. The van der Waals surface area contributed by atoms with Crippen LogP contribution in [0.1, 0.15) is 15.9 Å². The van der Waals surface area contributed by atoms with E-state index in [2.05, 4.69) is 10.3 Å². The molecule has 0 radical (unpaired) electrons. The number of aromatic nitrogens is 1. The fraction of sp³-hybridized carbons (Fsp3) is 0.111. The van der Waals surface area contributed by atoms with E-state index in [0.29, 0.717) is 17.9 Å². The van der Waals surface area contributed by atoms with Gasteiger partial charge in [0.25, 0.3) is 5.91 Å². The number of pyridine rings is 1. The van der Waals surface area contributed by atoms with Crippen molar-refractivity contribution in [2.45, 2.75) is 6.54 Å². The highest BCUT2D eigenvalue weighted by molar-refractivity contribution is 5.94. The Balaban J connectivity index is 1.62. The molecule has 2 heterocycles. The van der Waals surface area contributed by atoms with Crippen molar-refractivity contribution >= 4 is 5.91 Å². The fourth-order valence-corrected chi connectivity index (χ4v) is 2.16. The number of hydrogen-bond acceptors (Lipinski definition) is 4. The van der Waals surface area contributed by atoms with Crippen LogP contribution in [0.2, 0.25) is 0 Å². The fourth-order valence-electron chi connectivity index (χ4n) is 2.16. The van der Waals surface area contributed by atoms with Crippen molar-refractivity contribution in [3.05, 3.63) is 72.3 Å². The normalized spacial score (nSPS) is 10.3. The smallest absolute Gasteiger partial charge is 0.251 e. The molecule has 0 unspecified atom stereocenters. The summed E-state index contributed by atoms with van der Waals surface area (Å²) in [4.78, 5) is 16.5. The average Bonchev–Trinajstić information content (AvgIpc) is 3.15. The van der Waals surface area contributed by atoms with E-state index in [-0.39, 0.29) is 5.91 Å². The molecule has 5 nitrogen and oxygen atoms in total. The Morgan fingerprint density at radius 2 is 2.17 bits per heavy atom. The number of furan rings is 1. The van der Waals surface area contributed by atoms with Gasteiger partial charge in [0.1, 0.15) is 5.75 Å². The van der Waals surface area contributed by atoms with E-state index in [4.69, 9.17) is 9.15 Å². The van der Waals surface area contributed by atoms with Crippen LogP contribution in [0.5, 0.6) is 5.75 Å². The molecule has 23 heavy (non-hydrogen) atoms. The number of carbonyl (C=O) groups excluding carboxylic acids is 1. The Bertz CT molecular complexity index is 780. The molecule has 0 bridgehead atoms. The van der Waals surface area contributed by atoms with Gasteiger partial charge >= 0.3 is 0 Å². The highest BCUT2D eigenvalue weighted by atomic mass is 16.5. The molecular formula is C18H16N2O3. The number of carbonyl (C=O) groups is 1. The topological polar surface area (TPSA) is 64.4 Å². The second-order valence-corrected chi connectivity index (χ2v) is 4.98. The maximum absolute atomic E-state index is 12.1. The lowest BCUT2D eigenvalue weighted by molar-refractivity contribution is 0.0950. The van der Waals surface area contributed by atoms with E-state index in [0.717, 1.165) is 16.8 Å². The lowest BCUT2D eigenvalue weighted by atomic mass is 10.1.